The van der Waals surface area contributed by atoms with Crippen LogP contribution >= 0.6 is 0 Å². The number of sulfonamides is 1. The monoisotopic (exact) mass is 340 g/mol. The van der Waals surface area contributed by atoms with E-state index in [0.717, 1.165) is 5.56 Å². The molecular formula is C16H24N2O4S. The van der Waals surface area contributed by atoms with E-state index in [-0.39, 0.29) is 29.3 Å². The van der Waals surface area contributed by atoms with E-state index < -0.39 is 10.0 Å². The Hall–Kier alpha value is -1.60. The maximum Gasteiger partial charge on any atom is 0.244 e. The van der Waals surface area contributed by atoms with Gasteiger partial charge in [0.1, 0.15) is 10.6 Å². The first-order valence-corrected chi connectivity index (χ1v) is 9.16. The van der Waals surface area contributed by atoms with Gasteiger partial charge in [-0.15, -0.1) is 0 Å². The Kier molecular flexibility index (Phi) is 5.31. The molecule has 1 aliphatic heterocycles. The predicted octanol–water partition coefficient (Wildman–Crippen LogP) is 1.54. The van der Waals surface area contributed by atoms with Gasteiger partial charge in [0, 0.05) is 25.6 Å². The van der Waals surface area contributed by atoms with Gasteiger partial charge in [-0.2, -0.15) is 0 Å². The number of amides is 1. The van der Waals surface area contributed by atoms with Gasteiger partial charge in [0.15, 0.2) is 0 Å². The average Bonchev–Trinajstić information content (AvgIpc) is 2.86. The van der Waals surface area contributed by atoms with Crippen LogP contribution in [-0.2, 0) is 14.8 Å². The van der Waals surface area contributed by atoms with Crippen molar-refractivity contribution >= 4 is 15.9 Å². The van der Waals surface area contributed by atoms with Gasteiger partial charge >= 0.3 is 0 Å². The van der Waals surface area contributed by atoms with Crippen LogP contribution in [0.4, 0.5) is 0 Å². The lowest BCUT2D eigenvalue weighted by molar-refractivity contribution is -0.129. The van der Waals surface area contributed by atoms with Crippen molar-refractivity contribution in [2.24, 2.45) is 5.92 Å². The summed E-state index contributed by atoms with van der Waals surface area (Å²) in [4.78, 5) is 13.8. The largest absolute Gasteiger partial charge is 0.495 e. The molecule has 1 fully saturated rings. The summed E-state index contributed by atoms with van der Waals surface area (Å²) in [6, 6.07) is 5.17. The van der Waals surface area contributed by atoms with Crippen molar-refractivity contribution < 1.29 is 17.9 Å². The Morgan fingerprint density at radius 2 is 2.09 bits per heavy atom. The smallest absolute Gasteiger partial charge is 0.244 e. The molecule has 0 aromatic heterocycles. The third kappa shape index (κ3) is 4.03. The van der Waals surface area contributed by atoms with Crippen LogP contribution in [-0.4, -0.2) is 45.5 Å². The number of carbonyl (C=O) groups excluding carboxylic acids is 1. The minimum atomic E-state index is -3.67. The fourth-order valence-corrected chi connectivity index (χ4v) is 4.11. The number of hydrogen-bond acceptors (Lipinski definition) is 4. The Balaban J connectivity index is 2.09. The van der Waals surface area contributed by atoms with Crippen LogP contribution in [0.15, 0.2) is 23.1 Å². The molecule has 2 rings (SSSR count). The molecule has 1 heterocycles. The topological polar surface area (TPSA) is 75.7 Å². The number of carbonyl (C=O) groups is 1. The van der Waals surface area contributed by atoms with Crippen LogP contribution in [0.2, 0.25) is 0 Å². The molecule has 0 saturated carbocycles. The zero-order chi connectivity index (χ0) is 17.2. The number of rotatable bonds is 6. The van der Waals surface area contributed by atoms with E-state index in [1.54, 1.807) is 23.1 Å². The Labute approximate surface area is 137 Å². The Bertz CT molecular complexity index is 685. The third-order valence-electron chi connectivity index (χ3n) is 4.03. The van der Waals surface area contributed by atoms with Crippen molar-refractivity contribution in [1.82, 2.24) is 9.62 Å². The molecule has 1 amide bonds. The highest BCUT2D eigenvalue weighted by molar-refractivity contribution is 7.89. The summed E-state index contributed by atoms with van der Waals surface area (Å²) < 4.78 is 32.8. The number of methoxy groups -OCH3 is 1. The van der Waals surface area contributed by atoms with Crippen LogP contribution in [0.3, 0.4) is 0 Å². The predicted molar refractivity (Wildman–Crippen MR) is 87.9 cm³/mol. The highest BCUT2D eigenvalue weighted by Gasteiger charge is 2.32. The van der Waals surface area contributed by atoms with Gasteiger partial charge in [-0.3, -0.25) is 4.79 Å². The number of benzene rings is 1. The molecule has 1 aromatic rings. The summed E-state index contributed by atoms with van der Waals surface area (Å²) in [5, 5.41) is 0. The maximum absolute atomic E-state index is 12.5. The van der Waals surface area contributed by atoms with Crippen molar-refractivity contribution in [3.8, 4) is 5.75 Å². The van der Waals surface area contributed by atoms with Crippen LogP contribution in [0.25, 0.3) is 0 Å². The Morgan fingerprint density at radius 1 is 1.39 bits per heavy atom. The van der Waals surface area contributed by atoms with Gasteiger partial charge < -0.3 is 9.64 Å². The summed E-state index contributed by atoms with van der Waals surface area (Å²) in [6.45, 7) is 6.58. The van der Waals surface area contributed by atoms with Gasteiger partial charge in [-0.25, -0.2) is 13.1 Å². The van der Waals surface area contributed by atoms with Crippen molar-refractivity contribution in [1.29, 1.82) is 0 Å². The van der Waals surface area contributed by atoms with Gasteiger partial charge in [0.2, 0.25) is 15.9 Å². The minimum Gasteiger partial charge on any atom is -0.495 e. The molecule has 0 radical (unpaired) electrons. The zero-order valence-corrected chi connectivity index (χ0v) is 14.8. The lowest BCUT2D eigenvalue weighted by Crippen LogP contribution is -2.34. The molecule has 128 valence electrons. The fourth-order valence-electron chi connectivity index (χ4n) is 2.74. The lowest BCUT2D eigenvalue weighted by Gasteiger charge is -2.21. The average molecular weight is 340 g/mol. The molecule has 1 unspecified atom stereocenters. The molecule has 23 heavy (non-hydrogen) atoms. The maximum atomic E-state index is 12.5. The molecule has 1 aromatic carbocycles. The van der Waals surface area contributed by atoms with Crippen molar-refractivity contribution in [3.63, 3.8) is 0 Å². The molecule has 0 bridgehead atoms. The first-order valence-electron chi connectivity index (χ1n) is 7.68. The normalized spacial score (nSPS) is 18.7. The second-order valence-corrected chi connectivity index (χ2v) is 7.95. The molecular weight excluding hydrogens is 316 g/mol. The van der Waals surface area contributed by atoms with Crippen molar-refractivity contribution in [2.45, 2.75) is 38.1 Å². The van der Waals surface area contributed by atoms with E-state index in [0.29, 0.717) is 18.7 Å². The molecule has 1 aliphatic rings. The fraction of sp³-hybridized carbons (Fsp3) is 0.562. The van der Waals surface area contributed by atoms with Gasteiger partial charge in [-0.1, -0.05) is 6.07 Å². The number of hydrogen-bond donors (Lipinski definition) is 1. The first kappa shape index (κ1) is 17.7. The van der Waals surface area contributed by atoms with E-state index in [1.165, 1.54) is 7.11 Å². The Morgan fingerprint density at radius 3 is 2.65 bits per heavy atom. The van der Waals surface area contributed by atoms with Crippen LogP contribution in [0, 0.1) is 12.8 Å². The SMILES string of the molecule is COc1ccc(C)cc1S(=O)(=O)NCC1CC(=O)N(C(C)C)C1. The summed E-state index contributed by atoms with van der Waals surface area (Å²) in [5.74, 6) is 0.391. The zero-order valence-electron chi connectivity index (χ0n) is 14.0. The summed E-state index contributed by atoms with van der Waals surface area (Å²) in [5.41, 5.74) is 0.841. The van der Waals surface area contributed by atoms with E-state index in [1.807, 2.05) is 20.8 Å². The second-order valence-electron chi connectivity index (χ2n) is 6.22. The molecule has 1 atom stereocenters. The van der Waals surface area contributed by atoms with Crippen LogP contribution < -0.4 is 9.46 Å². The second kappa shape index (κ2) is 6.88. The van der Waals surface area contributed by atoms with E-state index in [4.69, 9.17) is 4.74 Å². The van der Waals surface area contributed by atoms with Crippen LogP contribution in [0.5, 0.6) is 5.75 Å². The standard InChI is InChI=1S/C16H24N2O4S/c1-11(2)18-10-13(8-16(18)19)9-17-23(20,21)15-7-12(3)5-6-14(15)22-4/h5-7,11,13,17H,8-10H2,1-4H3. The number of nitrogens with one attached hydrogen (secondary N) is 1. The van der Waals surface area contributed by atoms with E-state index in [2.05, 4.69) is 4.72 Å². The van der Waals surface area contributed by atoms with Crippen LogP contribution in [0.1, 0.15) is 25.8 Å². The summed E-state index contributed by atoms with van der Waals surface area (Å²) in [7, 11) is -2.23. The van der Waals surface area contributed by atoms with E-state index in [9.17, 15) is 13.2 Å². The first-order chi connectivity index (χ1) is 10.7. The minimum absolute atomic E-state index is 0.00419. The highest BCUT2D eigenvalue weighted by Crippen LogP contribution is 2.25. The molecule has 7 heteroatoms. The lowest BCUT2D eigenvalue weighted by atomic mass is 10.1. The summed E-state index contributed by atoms with van der Waals surface area (Å²) in [6.07, 6.45) is 0.381. The van der Waals surface area contributed by atoms with Crippen molar-refractivity contribution in [3.05, 3.63) is 23.8 Å². The molecule has 0 aliphatic carbocycles. The van der Waals surface area contributed by atoms with E-state index >= 15 is 0 Å². The molecule has 6 nitrogen and oxygen atoms in total. The number of ether oxygens (including phenoxy) is 1. The molecule has 1 N–H and O–H groups in total. The molecule has 1 saturated heterocycles. The number of likely N-dealkylation sites (tertiary alicyclic amines) is 1. The highest BCUT2D eigenvalue weighted by atomic mass is 32.2. The van der Waals surface area contributed by atoms with Gasteiger partial charge in [0.05, 0.1) is 7.11 Å². The third-order valence-corrected chi connectivity index (χ3v) is 5.48. The molecule has 0 spiro atoms. The van der Waals surface area contributed by atoms with Gasteiger partial charge in [-0.05, 0) is 44.4 Å². The number of aryl methyl sites for hydroxylation is 1. The summed E-state index contributed by atoms with van der Waals surface area (Å²) >= 11 is 0. The van der Waals surface area contributed by atoms with Gasteiger partial charge in [0.25, 0.3) is 0 Å². The quantitative estimate of drug-likeness (QED) is 0.852. The number of nitrogens with zero attached hydrogens (tertiary/aromatic N) is 1. The van der Waals surface area contributed by atoms with Crippen molar-refractivity contribution in [2.75, 3.05) is 20.2 Å².